The number of carbonyl (C=O) groups excluding carboxylic acids is 1. The molecule has 6 heteroatoms. The number of ketones is 1. The standard InChI is InChI=1S/C5H4N2O4/c1-3(8)4-2-6-11-5(4)7(9)10/h2H,1H3. The SMILES string of the molecule is CC(=O)c1cnoc1[N+](=O)[O-]. The van der Waals surface area contributed by atoms with Gasteiger partial charge in [0.1, 0.15) is 4.92 Å². The van der Waals surface area contributed by atoms with Crippen molar-refractivity contribution in [3.63, 3.8) is 0 Å². The number of Topliss-reactive ketones (excluding diaryl/α,β-unsaturated/α-hetero) is 1. The third kappa shape index (κ3) is 1.23. The summed E-state index contributed by atoms with van der Waals surface area (Å²) < 4.78 is 4.22. The average Bonchev–Trinajstić information content (AvgIpc) is 2.32. The van der Waals surface area contributed by atoms with Gasteiger partial charge in [-0.1, -0.05) is 5.16 Å². The zero-order valence-corrected chi connectivity index (χ0v) is 5.60. The molecule has 1 rings (SSSR count). The molecule has 0 aliphatic heterocycles. The van der Waals surface area contributed by atoms with Gasteiger partial charge in [-0.15, -0.1) is 0 Å². The first-order valence-corrected chi connectivity index (χ1v) is 2.73. The first-order valence-electron chi connectivity index (χ1n) is 2.73. The molecule has 0 aliphatic carbocycles. The van der Waals surface area contributed by atoms with E-state index in [9.17, 15) is 14.9 Å². The Labute approximate surface area is 60.9 Å². The van der Waals surface area contributed by atoms with Crippen LogP contribution in [0.1, 0.15) is 17.3 Å². The van der Waals surface area contributed by atoms with Crippen LogP contribution in [-0.2, 0) is 0 Å². The number of nitro groups is 1. The fourth-order valence-corrected chi connectivity index (χ4v) is 0.607. The van der Waals surface area contributed by atoms with E-state index in [0.717, 1.165) is 6.20 Å². The van der Waals surface area contributed by atoms with E-state index in [0.29, 0.717) is 0 Å². The van der Waals surface area contributed by atoms with E-state index in [4.69, 9.17) is 0 Å². The van der Waals surface area contributed by atoms with Crippen molar-refractivity contribution in [2.24, 2.45) is 0 Å². The monoisotopic (exact) mass is 156 g/mol. The van der Waals surface area contributed by atoms with Crippen LogP contribution in [0.4, 0.5) is 5.88 Å². The number of rotatable bonds is 2. The van der Waals surface area contributed by atoms with Gasteiger partial charge in [-0.3, -0.25) is 19.4 Å². The Bertz CT molecular complexity index is 275. The zero-order valence-electron chi connectivity index (χ0n) is 5.60. The highest BCUT2D eigenvalue weighted by molar-refractivity contribution is 5.96. The molecule has 0 atom stereocenters. The molecule has 0 fully saturated rings. The molecule has 1 aromatic heterocycles. The summed E-state index contributed by atoms with van der Waals surface area (Å²) in [5, 5.41) is 13.2. The summed E-state index contributed by atoms with van der Waals surface area (Å²) in [6.45, 7) is 1.21. The average molecular weight is 156 g/mol. The lowest BCUT2D eigenvalue weighted by Gasteiger charge is -1.84. The molecule has 1 heterocycles. The van der Waals surface area contributed by atoms with Crippen LogP contribution in [-0.4, -0.2) is 15.9 Å². The molecule has 0 radical (unpaired) electrons. The van der Waals surface area contributed by atoms with Crippen LogP contribution in [0.2, 0.25) is 0 Å². The fourth-order valence-electron chi connectivity index (χ4n) is 0.607. The first kappa shape index (κ1) is 7.39. The number of hydrogen-bond donors (Lipinski definition) is 0. The number of nitrogens with zero attached hydrogens (tertiary/aromatic N) is 2. The third-order valence-electron chi connectivity index (χ3n) is 1.10. The molecule has 0 saturated heterocycles. The predicted molar refractivity (Wildman–Crippen MR) is 33.2 cm³/mol. The van der Waals surface area contributed by atoms with Crippen LogP contribution in [0.5, 0.6) is 0 Å². The highest BCUT2D eigenvalue weighted by atomic mass is 16.7. The molecule has 11 heavy (non-hydrogen) atoms. The maximum absolute atomic E-state index is 10.6. The lowest BCUT2D eigenvalue weighted by atomic mass is 10.2. The van der Waals surface area contributed by atoms with Crippen LogP contribution in [0.15, 0.2) is 10.7 Å². The fraction of sp³-hybridized carbons (Fsp3) is 0.200. The lowest BCUT2D eigenvalue weighted by Crippen LogP contribution is -1.95. The van der Waals surface area contributed by atoms with E-state index in [1.54, 1.807) is 0 Å². The van der Waals surface area contributed by atoms with Crippen molar-refractivity contribution >= 4 is 11.7 Å². The van der Waals surface area contributed by atoms with Crippen LogP contribution in [0.3, 0.4) is 0 Å². The molecule has 0 saturated carbocycles. The molecule has 6 nitrogen and oxygen atoms in total. The second kappa shape index (κ2) is 2.49. The maximum Gasteiger partial charge on any atom is 0.466 e. The molecule has 58 valence electrons. The van der Waals surface area contributed by atoms with Crippen molar-refractivity contribution < 1.29 is 14.2 Å². The van der Waals surface area contributed by atoms with E-state index in [-0.39, 0.29) is 5.56 Å². The lowest BCUT2D eigenvalue weighted by molar-refractivity contribution is -0.404. The summed E-state index contributed by atoms with van der Waals surface area (Å²) in [6, 6.07) is 0. The summed E-state index contributed by atoms with van der Waals surface area (Å²) >= 11 is 0. The Morgan fingerprint density at radius 2 is 2.45 bits per heavy atom. The number of carbonyl (C=O) groups is 1. The van der Waals surface area contributed by atoms with Crippen LogP contribution < -0.4 is 0 Å². The second-order valence-corrected chi connectivity index (χ2v) is 1.86. The molecular weight excluding hydrogens is 152 g/mol. The van der Waals surface area contributed by atoms with Crippen molar-refractivity contribution in [2.75, 3.05) is 0 Å². The van der Waals surface area contributed by atoms with Gasteiger partial charge in [0.15, 0.2) is 11.3 Å². The van der Waals surface area contributed by atoms with Gasteiger partial charge < -0.3 is 0 Å². The molecular formula is C5H4N2O4. The molecule has 0 aliphatic rings. The third-order valence-corrected chi connectivity index (χ3v) is 1.10. The molecule has 0 N–H and O–H groups in total. The summed E-state index contributed by atoms with van der Waals surface area (Å²) in [7, 11) is 0. The Kier molecular flexibility index (Phi) is 1.67. The summed E-state index contributed by atoms with van der Waals surface area (Å²) in [4.78, 5) is 19.9. The number of hydrogen-bond acceptors (Lipinski definition) is 5. The highest BCUT2D eigenvalue weighted by Crippen LogP contribution is 2.16. The second-order valence-electron chi connectivity index (χ2n) is 1.86. The van der Waals surface area contributed by atoms with Crippen LogP contribution in [0, 0.1) is 10.1 Å². The molecule has 0 aromatic carbocycles. The highest BCUT2D eigenvalue weighted by Gasteiger charge is 2.22. The van der Waals surface area contributed by atoms with Gasteiger partial charge in [0.25, 0.3) is 0 Å². The Morgan fingerprint density at radius 1 is 1.82 bits per heavy atom. The van der Waals surface area contributed by atoms with Crippen molar-refractivity contribution in [3.05, 3.63) is 21.9 Å². The van der Waals surface area contributed by atoms with Gasteiger partial charge in [-0.25, -0.2) is 0 Å². The van der Waals surface area contributed by atoms with Crippen molar-refractivity contribution in [1.82, 2.24) is 5.16 Å². The quantitative estimate of drug-likeness (QED) is 0.358. The van der Waals surface area contributed by atoms with Gasteiger partial charge in [-0.05, 0) is 6.92 Å². The van der Waals surface area contributed by atoms with E-state index < -0.39 is 16.6 Å². The van der Waals surface area contributed by atoms with Gasteiger partial charge in [0.2, 0.25) is 0 Å². The van der Waals surface area contributed by atoms with E-state index in [2.05, 4.69) is 9.68 Å². The van der Waals surface area contributed by atoms with Gasteiger partial charge in [0.05, 0.1) is 6.20 Å². The van der Waals surface area contributed by atoms with Crippen molar-refractivity contribution in [3.8, 4) is 0 Å². The van der Waals surface area contributed by atoms with Gasteiger partial charge >= 0.3 is 5.88 Å². The van der Waals surface area contributed by atoms with E-state index in [1.807, 2.05) is 0 Å². The molecule has 0 bridgehead atoms. The molecule has 1 aromatic rings. The minimum absolute atomic E-state index is 0.102. The summed E-state index contributed by atoms with van der Waals surface area (Å²) in [6.07, 6.45) is 1.03. The normalized spacial score (nSPS) is 9.55. The van der Waals surface area contributed by atoms with E-state index >= 15 is 0 Å². The zero-order chi connectivity index (χ0) is 8.43. The van der Waals surface area contributed by atoms with Crippen molar-refractivity contribution in [2.45, 2.75) is 6.92 Å². The van der Waals surface area contributed by atoms with Gasteiger partial charge in [-0.2, -0.15) is 0 Å². The molecule has 0 amide bonds. The topological polar surface area (TPSA) is 86.2 Å². The minimum atomic E-state index is -0.788. The largest absolute Gasteiger partial charge is 0.466 e. The Balaban J connectivity index is 3.16. The van der Waals surface area contributed by atoms with Crippen LogP contribution in [0.25, 0.3) is 0 Å². The summed E-state index contributed by atoms with van der Waals surface area (Å²) in [5.41, 5.74) is -0.102. The number of aromatic nitrogens is 1. The Hall–Kier alpha value is -1.72. The predicted octanol–water partition coefficient (Wildman–Crippen LogP) is 0.785. The first-order chi connectivity index (χ1) is 5.13. The smallest absolute Gasteiger partial charge is 0.294 e. The van der Waals surface area contributed by atoms with Crippen molar-refractivity contribution in [1.29, 1.82) is 0 Å². The molecule has 0 unspecified atom stereocenters. The van der Waals surface area contributed by atoms with Gasteiger partial charge in [0, 0.05) is 0 Å². The summed E-state index contributed by atoms with van der Waals surface area (Å²) in [5.74, 6) is -1.03. The Morgan fingerprint density at radius 3 is 2.82 bits per heavy atom. The van der Waals surface area contributed by atoms with E-state index in [1.165, 1.54) is 6.92 Å². The maximum atomic E-state index is 10.6. The van der Waals surface area contributed by atoms with Crippen LogP contribution >= 0.6 is 0 Å². The molecule has 0 spiro atoms. The minimum Gasteiger partial charge on any atom is -0.294 e.